The minimum absolute atomic E-state index is 0.0913. The summed E-state index contributed by atoms with van der Waals surface area (Å²) in [5, 5.41) is 24.8. The van der Waals surface area contributed by atoms with Gasteiger partial charge < -0.3 is 9.52 Å². The van der Waals surface area contributed by atoms with Crippen molar-refractivity contribution in [3.05, 3.63) is 69.2 Å². The molecule has 0 bridgehead atoms. The van der Waals surface area contributed by atoms with E-state index in [0.717, 1.165) is 5.69 Å². The number of non-ortho nitro benzene ring substituents is 1. The minimum atomic E-state index is -0.865. The van der Waals surface area contributed by atoms with Gasteiger partial charge in [0.05, 0.1) is 34.6 Å². The van der Waals surface area contributed by atoms with Gasteiger partial charge in [0.2, 0.25) is 0 Å². The van der Waals surface area contributed by atoms with Crippen molar-refractivity contribution in [1.29, 1.82) is 0 Å². The quantitative estimate of drug-likeness (QED) is 0.500. The number of halogens is 1. The number of aliphatic carboxylic acids is 1. The maximum Gasteiger partial charge on any atom is 0.309 e. The molecule has 1 aliphatic rings. The van der Waals surface area contributed by atoms with Crippen molar-refractivity contribution in [3.63, 3.8) is 0 Å². The van der Waals surface area contributed by atoms with Crippen LogP contribution in [0.4, 0.5) is 5.69 Å². The van der Waals surface area contributed by atoms with Crippen LogP contribution in [0.15, 0.2) is 47.0 Å². The summed E-state index contributed by atoms with van der Waals surface area (Å²) < 4.78 is 7.62. The number of nitro groups is 1. The number of hydrogen-bond acceptors (Lipinski definition) is 6. The lowest BCUT2D eigenvalue weighted by atomic mass is 10.1. The number of carboxylic acids is 1. The summed E-state index contributed by atoms with van der Waals surface area (Å²) in [6, 6.07) is 9.63. The first-order valence-electron chi connectivity index (χ1n) is 8.89. The first-order chi connectivity index (χ1) is 13.9. The topological polar surface area (TPSA) is 115 Å². The van der Waals surface area contributed by atoms with Crippen molar-refractivity contribution in [2.45, 2.75) is 19.6 Å². The molecule has 1 N–H and O–H groups in total. The van der Waals surface area contributed by atoms with E-state index in [2.05, 4.69) is 5.10 Å². The normalized spacial score (nSPS) is 16.9. The average molecular weight is 417 g/mol. The van der Waals surface area contributed by atoms with Gasteiger partial charge >= 0.3 is 5.97 Å². The number of carboxylic acid groups (broad SMARTS) is 1. The molecule has 0 saturated heterocycles. The summed E-state index contributed by atoms with van der Waals surface area (Å²) in [4.78, 5) is 23.9. The molecule has 9 nitrogen and oxygen atoms in total. The predicted molar refractivity (Wildman–Crippen MR) is 103 cm³/mol. The van der Waals surface area contributed by atoms with E-state index in [0.29, 0.717) is 43.3 Å². The zero-order valence-electron chi connectivity index (χ0n) is 15.2. The van der Waals surface area contributed by atoms with Gasteiger partial charge in [-0.2, -0.15) is 5.10 Å². The molecule has 150 valence electrons. The van der Waals surface area contributed by atoms with Crippen LogP contribution in [0.1, 0.15) is 11.5 Å². The van der Waals surface area contributed by atoms with Crippen molar-refractivity contribution in [1.82, 2.24) is 14.7 Å². The molecule has 0 aliphatic carbocycles. The lowest BCUT2D eigenvalue weighted by molar-refractivity contribution is -0.384. The van der Waals surface area contributed by atoms with Gasteiger partial charge in [-0.25, -0.2) is 0 Å². The number of carbonyl (C=O) groups is 1. The van der Waals surface area contributed by atoms with Gasteiger partial charge in [0, 0.05) is 37.0 Å². The van der Waals surface area contributed by atoms with Crippen molar-refractivity contribution < 1.29 is 19.2 Å². The maximum absolute atomic E-state index is 11.6. The number of benzene rings is 1. The lowest BCUT2D eigenvalue weighted by Crippen LogP contribution is -2.31. The zero-order valence-corrected chi connectivity index (χ0v) is 16.0. The SMILES string of the molecule is O=C(O)C1CN(Cc2ccc(-c3ccc([N+](=O)[O-])cc3Cl)o2)Cc2ccnn2C1. The van der Waals surface area contributed by atoms with E-state index in [9.17, 15) is 20.0 Å². The van der Waals surface area contributed by atoms with Crippen LogP contribution < -0.4 is 0 Å². The fraction of sp³-hybridized carbons (Fsp3) is 0.263. The molecule has 0 spiro atoms. The Morgan fingerprint density at radius 1 is 1.31 bits per heavy atom. The van der Waals surface area contributed by atoms with Gasteiger partial charge in [-0.15, -0.1) is 0 Å². The van der Waals surface area contributed by atoms with E-state index in [1.54, 1.807) is 29.1 Å². The van der Waals surface area contributed by atoms with Gasteiger partial charge in [-0.1, -0.05) is 11.6 Å². The van der Waals surface area contributed by atoms with Gasteiger partial charge in [-0.05, 0) is 24.3 Å². The number of nitrogens with zero attached hydrogens (tertiary/aromatic N) is 4. The molecule has 1 atom stereocenters. The maximum atomic E-state index is 11.6. The van der Waals surface area contributed by atoms with Crippen molar-refractivity contribution in [2.24, 2.45) is 5.92 Å². The molecule has 2 aromatic heterocycles. The first-order valence-corrected chi connectivity index (χ1v) is 9.27. The first kappa shape index (κ1) is 19.2. The van der Waals surface area contributed by atoms with Crippen molar-refractivity contribution >= 4 is 23.3 Å². The Morgan fingerprint density at radius 2 is 2.14 bits per heavy atom. The highest BCUT2D eigenvalue weighted by Gasteiger charge is 2.27. The summed E-state index contributed by atoms with van der Waals surface area (Å²) in [6.45, 7) is 1.67. The molecule has 3 aromatic rings. The number of furan rings is 1. The molecular formula is C19H17ClN4O5. The van der Waals surface area contributed by atoms with Crippen molar-refractivity contribution in [2.75, 3.05) is 6.54 Å². The summed E-state index contributed by atoms with van der Waals surface area (Å²) in [6.07, 6.45) is 1.67. The standard InChI is InChI=1S/C19H17ClN4O5/c20-17-7-13(24(27)28)1-3-16(17)18-4-2-15(29-18)11-22-8-12(19(25)26)9-23-14(10-22)5-6-21-23/h1-7,12H,8-11H2,(H,25,26). The molecule has 3 heterocycles. The Balaban J connectivity index is 1.54. The molecular weight excluding hydrogens is 400 g/mol. The predicted octanol–water partition coefficient (Wildman–Crippen LogP) is 3.42. The Kier molecular flexibility index (Phi) is 5.08. The molecule has 4 rings (SSSR count). The average Bonchev–Trinajstić information content (AvgIpc) is 3.27. The number of rotatable bonds is 5. The molecule has 0 saturated carbocycles. The fourth-order valence-electron chi connectivity index (χ4n) is 3.45. The lowest BCUT2D eigenvalue weighted by Gasteiger charge is -2.20. The van der Waals surface area contributed by atoms with Crippen LogP contribution in [0.25, 0.3) is 11.3 Å². The fourth-order valence-corrected chi connectivity index (χ4v) is 3.72. The monoisotopic (exact) mass is 416 g/mol. The van der Waals surface area contributed by atoms with Crippen LogP contribution >= 0.6 is 11.6 Å². The molecule has 0 amide bonds. The highest BCUT2D eigenvalue weighted by atomic mass is 35.5. The second-order valence-electron chi connectivity index (χ2n) is 6.90. The number of aromatic nitrogens is 2. The van der Waals surface area contributed by atoms with Gasteiger partial charge in [0.25, 0.3) is 5.69 Å². The molecule has 1 unspecified atom stereocenters. The second-order valence-corrected chi connectivity index (χ2v) is 7.30. The highest BCUT2D eigenvalue weighted by Crippen LogP contribution is 2.32. The number of nitro benzene ring substituents is 1. The smallest absolute Gasteiger partial charge is 0.309 e. The van der Waals surface area contributed by atoms with E-state index < -0.39 is 16.8 Å². The van der Waals surface area contributed by atoms with Crippen LogP contribution in [-0.4, -0.2) is 37.2 Å². The van der Waals surface area contributed by atoms with E-state index in [1.165, 1.54) is 12.1 Å². The molecule has 0 radical (unpaired) electrons. The largest absolute Gasteiger partial charge is 0.481 e. The van der Waals surface area contributed by atoms with Crippen LogP contribution in [0, 0.1) is 16.0 Å². The zero-order chi connectivity index (χ0) is 20.5. The van der Waals surface area contributed by atoms with Gasteiger partial charge in [0.1, 0.15) is 11.5 Å². The van der Waals surface area contributed by atoms with E-state index in [-0.39, 0.29) is 10.7 Å². The van der Waals surface area contributed by atoms with E-state index >= 15 is 0 Å². The third-order valence-corrected chi connectivity index (χ3v) is 5.19. The Hall–Kier alpha value is -3.17. The number of hydrogen-bond donors (Lipinski definition) is 1. The molecule has 29 heavy (non-hydrogen) atoms. The van der Waals surface area contributed by atoms with Gasteiger partial charge in [0.15, 0.2) is 0 Å². The molecule has 0 fully saturated rings. The third-order valence-electron chi connectivity index (χ3n) is 4.88. The Labute approximate surface area is 170 Å². The second kappa shape index (κ2) is 7.69. The highest BCUT2D eigenvalue weighted by molar-refractivity contribution is 6.33. The summed E-state index contributed by atoms with van der Waals surface area (Å²) in [5.41, 5.74) is 1.41. The summed E-state index contributed by atoms with van der Waals surface area (Å²) in [5.74, 6) is -0.299. The van der Waals surface area contributed by atoms with Gasteiger partial charge in [-0.3, -0.25) is 24.5 Å². The number of fused-ring (bicyclic) bond motifs is 1. The molecule has 1 aliphatic heterocycles. The third kappa shape index (κ3) is 4.01. The van der Waals surface area contributed by atoms with Crippen LogP contribution in [-0.2, 0) is 24.4 Å². The van der Waals surface area contributed by atoms with E-state index in [1.807, 2.05) is 11.0 Å². The van der Waals surface area contributed by atoms with Crippen LogP contribution in [0.2, 0.25) is 5.02 Å². The Bertz CT molecular complexity index is 1080. The molecule has 10 heteroatoms. The van der Waals surface area contributed by atoms with Crippen LogP contribution in [0.5, 0.6) is 0 Å². The van der Waals surface area contributed by atoms with E-state index in [4.69, 9.17) is 16.0 Å². The van der Waals surface area contributed by atoms with Crippen molar-refractivity contribution in [3.8, 4) is 11.3 Å². The molecule has 1 aromatic carbocycles. The minimum Gasteiger partial charge on any atom is -0.481 e. The van der Waals surface area contributed by atoms with Crippen LogP contribution in [0.3, 0.4) is 0 Å². The summed E-state index contributed by atoms with van der Waals surface area (Å²) >= 11 is 6.18. The summed E-state index contributed by atoms with van der Waals surface area (Å²) in [7, 11) is 0. The Morgan fingerprint density at radius 3 is 2.86 bits per heavy atom.